The summed E-state index contributed by atoms with van der Waals surface area (Å²) in [6.45, 7) is 5.72. The van der Waals surface area contributed by atoms with Crippen LogP contribution in [0, 0.1) is 35.0 Å². The number of nitrogens with one attached hydrogen (secondary N) is 1. The van der Waals surface area contributed by atoms with E-state index in [-0.39, 0.29) is 6.04 Å². The van der Waals surface area contributed by atoms with E-state index in [1.165, 1.54) is 0 Å². The van der Waals surface area contributed by atoms with Crippen LogP contribution in [-0.4, -0.2) is 6.04 Å². The quantitative estimate of drug-likeness (QED) is 0.442. The van der Waals surface area contributed by atoms with Crippen LogP contribution in [0.15, 0.2) is 0 Å². The van der Waals surface area contributed by atoms with Gasteiger partial charge in [0.1, 0.15) is 5.69 Å². The summed E-state index contributed by atoms with van der Waals surface area (Å²) < 4.78 is 65.8. The van der Waals surface area contributed by atoms with E-state index in [2.05, 4.69) is 5.32 Å². The average molecular weight is 295 g/mol. The zero-order valence-electron chi connectivity index (χ0n) is 11.7. The topological polar surface area (TPSA) is 12.0 Å². The Kier molecular flexibility index (Phi) is 5.77. The molecule has 0 aliphatic heterocycles. The zero-order valence-corrected chi connectivity index (χ0v) is 11.7. The molecule has 1 nitrogen and oxygen atoms in total. The molecular formula is C14H18F5N. The molecule has 1 atom stereocenters. The van der Waals surface area contributed by atoms with Crippen molar-refractivity contribution < 1.29 is 22.0 Å². The van der Waals surface area contributed by atoms with Gasteiger partial charge >= 0.3 is 0 Å². The highest BCUT2D eigenvalue weighted by atomic mass is 19.2. The number of halogens is 5. The van der Waals surface area contributed by atoms with Gasteiger partial charge in [-0.2, -0.15) is 0 Å². The van der Waals surface area contributed by atoms with Gasteiger partial charge in [0.05, 0.1) is 0 Å². The molecule has 0 radical (unpaired) electrons. The van der Waals surface area contributed by atoms with Gasteiger partial charge in [0.2, 0.25) is 5.82 Å². The molecule has 0 aliphatic carbocycles. The summed E-state index contributed by atoms with van der Waals surface area (Å²) in [7, 11) is 0. The Hall–Kier alpha value is -1.33. The van der Waals surface area contributed by atoms with Gasteiger partial charge in [0.25, 0.3) is 0 Å². The van der Waals surface area contributed by atoms with Crippen LogP contribution in [0.2, 0.25) is 0 Å². The second-order valence-electron chi connectivity index (χ2n) is 5.32. The lowest BCUT2D eigenvalue weighted by atomic mass is 10.0. The molecule has 0 saturated heterocycles. The van der Waals surface area contributed by atoms with Gasteiger partial charge < -0.3 is 5.32 Å². The second kappa shape index (κ2) is 6.90. The number of anilines is 1. The lowest BCUT2D eigenvalue weighted by molar-refractivity contribution is 0.380. The Bertz CT molecular complexity index is 444. The van der Waals surface area contributed by atoms with Crippen molar-refractivity contribution in [3.05, 3.63) is 29.1 Å². The Balaban J connectivity index is 2.82. The molecule has 0 spiro atoms. The molecule has 1 N–H and O–H groups in total. The van der Waals surface area contributed by atoms with E-state index in [0.717, 1.165) is 12.8 Å². The third-order valence-electron chi connectivity index (χ3n) is 3.02. The first-order valence-electron chi connectivity index (χ1n) is 6.53. The summed E-state index contributed by atoms with van der Waals surface area (Å²) in [5.41, 5.74) is -0.960. The fourth-order valence-corrected chi connectivity index (χ4v) is 1.88. The van der Waals surface area contributed by atoms with E-state index >= 15 is 0 Å². The first-order chi connectivity index (χ1) is 9.25. The molecule has 6 heteroatoms. The van der Waals surface area contributed by atoms with Gasteiger partial charge in [-0.1, -0.05) is 26.7 Å². The second-order valence-corrected chi connectivity index (χ2v) is 5.32. The minimum absolute atomic E-state index is 0.387. The lowest BCUT2D eigenvalue weighted by Gasteiger charge is -2.17. The first kappa shape index (κ1) is 16.7. The van der Waals surface area contributed by atoms with Gasteiger partial charge in [-0.15, -0.1) is 0 Å². The van der Waals surface area contributed by atoms with Gasteiger partial charge in [-0.3, -0.25) is 0 Å². The zero-order chi connectivity index (χ0) is 15.4. The summed E-state index contributed by atoms with van der Waals surface area (Å²) in [5.74, 6) is -9.15. The predicted octanol–water partition coefficient (Wildman–Crippen LogP) is 5.01. The van der Waals surface area contributed by atoms with Gasteiger partial charge in [-0.05, 0) is 19.3 Å². The van der Waals surface area contributed by atoms with Gasteiger partial charge in [0, 0.05) is 6.04 Å². The van der Waals surface area contributed by atoms with Crippen molar-refractivity contribution in [1.29, 1.82) is 0 Å². The van der Waals surface area contributed by atoms with E-state index in [4.69, 9.17) is 0 Å². The maximum absolute atomic E-state index is 13.4. The van der Waals surface area contributed by atoms with Gasteiger partial charge in [0.15, 0.2) is 23.3 Å². The van der Waals surface area contributed by atoms with E-state index in [1.54, 1.807) is 6.92 Å². The van der Waals surface area contributed by atoms with Crippen LogP contribution >= 0.6 is 0 Å². The maximum Gasteiger partial charge on any atom is 0.200 e. The summed E-state index contributed by atoms with van der Waals surface area (Å²) in [6, 6.07) is -0.387. The van der Waals surface area contributed by atoms with Crippen LogP contribution in [0.5, 0.6) is 0 Å². The molecule has 0 aromatic heterocycles. The third kappa shape index (κ3) is 3.84. The summed E-state index contributed by atoms with van der Waals surface area (Å²) in [5, 5.41) is 2.36. The molecule has 1 rings (SSSR count). The summed E-state index contributed by atoms with van der Waals surface area (Å²) in [4.78, 5) is 0. The molecular weight excluding hydrogens is 277 g/mol. The fourth-order valence-electron chi connectivity index (χ4n) is 1.88. The minimum Gasteiger partial charge on any atom is -0.378 e. The molecule has 1 aromatic rings. The van der Waals surface area contributed by atoms with E-state index in [1.807, 2.05) is 13.8 Å². The highest BCUT2D eigenvalue weighted by Crippen LogP contribution is 2.28. The molecule has 0 bridgehead atoms. The van der Waals surface area contributed by atoms with E-state index in [0.29, 0.717) is 12.3 Å². The Morgan fingerprint density at radius 1 is 0.750 bits per heavy atom. The Labute approximate surface area is 115 Å². The lowest BCUT2D eigenvalue weighted by Crippen LogP contribution is -2.19. The average Bonchev–Trinajstić information content (AvgIpc) is 2.39. The Morgan fingerprint density at radius 3 is 1.65 bits per heavy atom. The van der Waals surface area contributed by atoms with Crippen LogP contribution < -0.4 is 5.32 Å². The van der Waals surface area contributed by atoms with Gasteiger partial charge in [-0.25, -0.2) is 22.0 Å². The first-order valence-corrected chi connectivity index (χ1v) is 6.53. The normalized spacial score (nSPS) is 12.8. The highest BCUT2D eigenvalue weighted by molar-refractivity contribution is 5.48. The third-order valence-corrected chi connectivity index (χ3v) is 3.02. The van der Waals surface area contributed by atoms with E-state index < -0.39 is 34.8 Å². The fraction of sp³-hybridized carbons (Fsp3) is 0.571. The molecule has 1 unspecified atom stereocenters. The van der Waals surface area contributed by atoms with Crippen LogP contribution in [0.4, 0.5) is 27.6 Å². The van der Waals surface area contributed by atoms with E-state index in [9.17, 15) is 22.0 Å². The summed E-state index contributed by atoms with van der Waals surface area (Å²) >= 11 is 0. The van der Waals surface area contributed by atoms with Crippen LogP contribution in [0.3, 0.4) is 0 Å². The molecule has 20 heavy (non-hydrogen) atoms. The largest absolute Gasteiger partial charge is 0.378 e. The number of hydrogen-bond donors (Lipinski definition) is 1. The smallest absolute Gasteiger partial charge is 0.200 e. The van der Waals surface area contributed by atoms with Crippen molar-refractivity contribution in [1.82, 2.24) is 0 Å². The maximum atomic E-state index is 13.4. The molecule has 114 valence electrons. The van der Waals surface area contributed by atoms with Crippen LogP contribution in [0.25, 0.3) is 0 Å². The van der Waals surface area contributed by atoms with Crippen molar-refractivity contribution >= 4 is 5.69 Å². The molecule has 0 saturated carbocycles. The summed E-state index contributed by atoms with van der Waals surface area (Å²) in [6.07, 6.45) is 2.32. The van der Waals surface area contributed by atoms with Crippen LogP contribution in [0.1, 0.15) is 40.0 Å². The highest BCUT2D eigenvalue weighted by Gasteiger charge is 2.26. The predicted molar refractivity (Wildman–Crippen MR) is 68.0 cm³/mol. The monoisotopic (exact) mass is 295 g/mol. The van der Waals surface area contributed by atoms with Crippen LogP contribution in [-0.2, 0) is 0 Å². The van der Waals surface area contributed by atoms with Crippen molar-refractivity contribution in [2.24, 2.45) is 5.92 Å². The van der Waals surface area contributed by atoms with Crippen molar-refractivity contribution in [3.63, 3.8) is 0 Å². The SMILES string of the molecule is CC(C)CCCC(C)Nc1c(F)c(F)c(F)c(F)c1F. The van der Waals surface area contributed by atoms with Crippen molar-refractivity contribution in [3.8, 4) is 0 Å². The standard InChI is InChI=1S/C14H18F5N/c1-7(2)5-4-6-8(3)20-14-12(18)10(16)9(15)11(17)13(14)19/h7-8,20H,4-6H2,1-3H3. The Morgan fingerprint density at radius 2 is 1.20 bits per heavy atom. The molecule has 0 heterocycles. The van der Waals surface area contributed by atoms with Crippen molar-refractivity contribution in [2.75, 3.05) is 5.32 Å². The number of rotatable bonds is 6. The van der Waals surface area contributed by atoms with Crippen molar-refractivity contribution in [2.45, 2.75) is 46.1 Å². The minimum atomic E-state index is -2.14. The molecule has 0 amide bonds. The number of benzene rings is 1. The molecule has 0 fully saturated rings. The molecule has 0 aliphatic rings. The number of hydrogen-bond acceptors (Lipinski definition) is 1. The molecule has 1 aromatic carbocycles.